The Morgan fingerprint density at radius 1 is 1.20 bits per heavy atom. The van der Waals surface area contributed by atoms with E-state index in [1.54, 1.807) is 13.8 Å². The van der Waals surface area contributed by atoms with Crippen LogP contribution in [-0.4, -0.2) is 40.1 Å². The number of phenols is 1. The highest BCUT2D eigenvalue weighted by atomic mass is 16.6. The molecular weight excluding hydrogens is 394 g/mol. The second-order valence-electron chi connectivity index (χ2n) is 7.45. The number of nitrogens with one attached hydrogen (secondary N) is 1. The fourth-order valence-electron chi connectivity index (χ4n) is 4.05. The zero-order valence-electron chi connectivity index (χ0n) is 16.5. The van der Waals surface area contributed by atoms with E-state index in [2.05, 4.69) is 5.32 Å². The molecule has 1 aromatic carbocycles. The van der Waals surface area contributed by atoms with Gasteiger partial charge in [-0.25, -0.2) is 0 Å². The predicted molar refractivity (Wildman–Crippen MR) is 101 cm³/mol. The first-order valence-corrected chi connectivity index (χ1v) is 9.36. The van der Waals surface area contributed by atoms with Crippen molar-refractivity contribution >= 4 is 23.3 Å². The molecule has 1 atom stereocenters. The first-order chi connectivity index (χ1) is 14.1. The molecule has 2 heterocycles. The minimum absolute atomic E-state index is 0.0325. The van der Waals surface area contributed by atoms with E-state index in [-0.39, 0.29) is 47.1 Å². The number of hydrogen-bond acceptors (Lipinski definition) is 8. The van der Waals surface area contributed by atoms with E-state index in [4.69, 9.17) is 14.6 Å². The molecule has 9 nitrogen and oxygen atoms in total. The van der Waals surface area contributed by atoms with Gasteiger partial charge in [-0.1, -0.05) is 0 Å². The summed E-state index contributed by atoms with van der Waals surface area (Å²) in [7, 11) is 0. The number of aliphatic carboxylic acids is 1. The van der Waals surface area contributed by atoms with Gasteiger partial charge in [0, 0.05) is 30.3 Å². The van der Waals surface area contributed by atoms with Crippen LogP contribution in [0.4, 0.5) is 0 Å². The second-order valence-corrected chi connectivity index (χ2v) is 7.45. The third kappa shape index (κ3) is 2.41. The molecule has 30 heavy (non-hydrogen) atoms. The Bertz CT molecular complexity index is 1130. The van der Waals surface area contributed by atoms with Gasteiger partial charge in [-0.15, -0.1) is 0 Å². The van der Waals surface area contributed by atoms with Gasteiger partial charge < -0.3 is 25.0 Å². The number of rotatable bonds is 6. The first kappa shape index (κ1) is 19.7. The molecule has 3 N–H and O–H groups in total. The monoisotopic (exact) mass is 413 g/mol. The first-order valence-electron chi connectivity index (χ1n) is 9.36. The van der Waals surface area contributed by atoms with Gasteiger partial charge in [0.15, 0.2) is 23.1 Å². The van der Waals surface area contributed by atoms with E-state index >= 15 is 0 Å². The van der Waals surface area contributed by atoms with E-state index in [1.165, 1.54) is 6.92 Å². The van der Waals surface area contributed by atoms with Crippen LogP contribution in [0.1, 0.15) is 48.2 Å². The van der Waals surface area contributed by atoms with E-state index in [1.807, 2.05) is 0 Å². The lowest BCUT2D eigenvalue weighted by Crippen LogP contribution is -2.52. The maximum atomic E-state index is 13.4. The molecule has 0 saturated heterocycles. The Labute approximate surface area is 171 Å². The zero-order chi connectivity index (χ0) is 22.0. The molecule has 1 spiro atoms. The maximum Gasteiger partial charge on any atom is 0.303 e. The van der Waals surface area contributed by atoms with Gasteiger partial charge in [-0.3, -0.25) is 19.2 Å². The van der Waals surface area contributed by atoms with Crippen molar-refractivity contribution < 1.29 is 38.9 Å². The Kier molecular flexibility index (Phi) is 4.23. The Morgan fingerprint density at radius 3 is 2.53 bits per heavy atom. The van der Waals surface area contributed by atoms with Gasteiger partial charge in [-0.05, 0) is 27.2 Å². The van der Waals surface area contributed by atoms with Crippen LogP contribution < -0.4 is 14.8 Å². The number of carbonyl (C=O) groups is 4. The van der Waals surface area contributed by atoms with Crippen molar-refractivity contribution in [3.8, 4) is 17.2 Å². The van der Waals surface area contributed by atoms with Gasteiger partial charge in [0.05, 0.1) is 11.1 Å². The summed E-state index contributed by atoms with van der Waals surface area (Å²) in [6.07, 6.45) is 1.43. The number of ether oxygens (including phenoxy) is 2. The van der Waals surface area contributed by atoms with Crippen LogP contribution in [0.2, 0.25) is 0 Å². The van der Waals surface area contributed by atoms with Gasteiger partial charge in [0.1, 0.15) is 17.1 Å². The van der Waals surface area contributed by atoms with Crippen molar-refractivity contribution in [1.82, 2.24) is 5.32 Å². The SMILES string of the molecule is CC(=O)c1c(O)c(C)c2c3c1OC1=CC(=O)/C(=C(/C)NCCCC(=O)O)C(=O)C13O2. The van der Waals surface area contributed by atoms with E-state index < -0.39 is 28.9 Å². The zero-order valence-corrected chi connectivity index (χ0v) is 16.5. The number of Topliss-reactive ketones (excluding diaryl/α,β-unsaturated/α-hetero) is 2. The van der Waals surface area contributed by atoms with Crippen molar-refractivity contribution in [2.45, 2.75) is 39.2 Å². The van der Waals surface area contributed by atoms with Crippen LogP contribution in [0.5, 0.6) is 17.2 Å². The fourth-order valence-corrected chi connectivity index (χ4v) is 4.05. The Hall–Kier alpha value is -3.62. The Balaban J connectivity index is 1.77. The number of allylic oxidation sites excluding steroid dienone is 2. The van der Waals surface area contributed by atoms with Crippen molar-refractivity contribution in [2.24, 2.45) is 0 Å². The number of carboxylic acid groups (broad SMARTS) is 1. The van der Waals surface area contributed by atoms with Crippen molar-refractivity contribution in [1.29, 1.82) is 0 Å². The molecule has 0 amide bonds. The number of hydrogen-bond donors (Lipinski definition) is 3. The highest BCUT2D eigenvalue weighted by molar-refractivity contribution is 6.31. The molecule has 0 fully saturated rings. The molecule has 0 saturated carbocycles. The van der Waals surface area contributed by atoms with Crippen LogP contribution in [0.25, 0.3) is 0 Å². The average Bonchev–Trinajstić information content (AvgIpc) is 2.88. The number of benzene rings is 1. The van der Waals surface area contributed by atoms with Gasteiger partial charge >= 0.3 is 5.97 Å². The smallest absolute Gasteiger partial charge is 0.303 e. The van der Waals surface area contributed by atoms with Gasteiger partial charge in [0.25, 0.3) is 5.60 Å². The number of carboxylic acids is 1. The molecule has 2 aliphatic heterocycles. The standard InChI is InChI=1S/C21H19NO8/c1-8-17(27)15(10(3)23)19-16-18(8)30-21(16)12(29-19)7-11(24)14(20(21)28)9(2)22-6-4-5-13(25)26/h7,22,27H,4-6H2,1-3H3,(H,25,26)/b14-9+. The summed E-state index contributed by atoms with van der Waals surface area (Å²) in [6.45, 7) is 4.66. The molecule has 1 aliphatic carbocycles. The summed E-state index contributed by atoms with van der Waals surface area (Å²) in [4.78, 5) is 48.8. The number of carbonyl (C=O) groups excluding carboxylic acids is 3. The second kappa shape index (κ2) is 6.45. The molecule has 0 bridgehead atoms. The third-order valence-electron chi connectivity index (χ3n) is 5.52. The van der Waals surface area contributed by atoms with Crippen LogP contribution in [0, 0.1) is 6.92 Å². The lowest BCUT2D eigenvalue weighted by Gasteiger charge is -2.41. The summed E-state index contributed by atoms with van der Waals surface area (Å²) in [5.74, 6) is -2.62. The summed E-state index contributed by atoms with van der Waals surface area (Å²) in [5.41, 5.74) is -0.880. The maximum absolute atomic E-state index is 13.4. The Morgan fingerprint density at radius 2 is 1.90 bits per heavy atom. The van der Waals surface area contributed by atoms with Crippen molar-refractivity contribution in [2.75, 3.05) is 6.54 Å². The highest BCUT2D eigenvalue weighted by Gasteiger charge is 2.67. The molecule has 156 valence electrons. The predicted octanol–water partition coefficient (Wildman–Crippen LogP) is 1.65. The minimum atomic E-state index is -1.65. The fraction of sp³-hybridized carbons (Fsp3) is 0.333. The molecule has 3 aliphatic rings. The molecule has 0 aromatic heterocycles. The van der Waals surface area contributed by atoms with Crippen LogP contribution in [0.15, 0.2) is 23.1 Å². The number of phenolic OH excluding ortho intramolecular Hbond substituents is 1. The van der Waals surface area contributed by atoms with Gasteiger partial charge in [-0.2, -0.15) is 0 Å². The summed E-state index contributed by atoms with van der Waals surface area (Å²) in [5, 5.41) is 22.0. The topological polar surface area (TPSA) is 139 Å². The minimum Gasteiger partial charge on any atom is -0.507 e. The van der Waals surface area contributed by atoms with Crippen LogP contribution in [0.3, 0.4) is 0 Å². The van der Waals surface area contributed by atoms with E-state index in [0.29, 0.717) is 23.2 Å². The van der Waals surface area contributed by atoms with Crippen LogP contribution in [-0.2, 0) is 20.0 Å². The molecular formula is C21H19NO8. The molecule has 4 rings (SSSR count). The quantitative estimate of drug-likeness (QED) is 0.275. The molecule has 9 heteroatoms. The molecule has 1 unspecified atom stereocenters. The largest absolute Gasteiger partial charge is 0.507 e. The summed E-state index contributed by atoms with van der Waals surface area (Å²) in [6, 6.07) is 0. The van der Waals surface area contributed by atoms with E-state index in [0.717, 1.165) is 6.08 Å². The highest BCUT2D eigenvalue weighted by Crippen LogP contribution is 2.64. The summed E-state index contributed by atoms with van der Waals surface area (Å²) >= 11 is 0. The number of aromatic hydroxyl groups is 1. The summed E-state index contributed by atoms with van der Waals surface area (Å²) < 4.78 is 11.5. The third-order valence-corrected chi connectivity index (χ3v) is 5.52. The lowest BCUT2D eigenvalue weighted by atomic mass is 9.74. The van der Waals surface area contributed by atoms with E-state index in [9.17, 15) is 24.3 Å². The lowest BCUT2D eigenvalue weighted by molar-refractivity contribution is -0.137. The molecule has 0 radical (unpaired) electrons. The van der Waals surface area contributed by atoms with Crippen molar-refractivity contribution in [3.05, 3.63) is 39.8 Å². The number of ketones is 3. The van der Waals surface area contributed by atoms with Crippen LogP contribution >= 0.6 is 0 Å². The van der Waals surface area contributed by atoms with Gasteiger partial charge in [0.2, 0.25) is 5.78 Å². The molecule has 1 aromatic rings. The normalized spacial score (nSPS) is 22.2. The average molecular weight is 413 g/mol. The van der Waals surface area contributed by atoms with Crippen molar-refractivity contribution in [3.63, 3.8) is 0 Å².